The summed E-state index contributed by atoms with van der Waals surface area (Å²) in [5.41, 5.74) is 3.60. The summed E-state index contributed by atoms with van der Waals surface area (Å²) in [7, 11) is 0. The number of carbonyl (C=O) groups excluding carboxylic acids is 1. The monoisotopic (exact) mass is 392 g/mol. The smallest absolute Gasteiger partial charge is 0.336 e. The second-order valence-corrected chi connectivity index (χ2v) is 7.84. The van der Waals surface area contributed by atoms with Crippen LogP contribution in [0.1, 0.15) is 33.3 Å². The van der Waals surface area contributed by atoms with Crippen molar-refractivity contribution in [1.29, 1.82) is 0 Å². The van der Waals surface area contributed by atoms with Crippen LogP contribution in [0.2, 0.25) is 0 Å². The van der Waals surface area contributed by atoms with Crippen molar-refractivity contribution in [2.45, 2.75) is 34.6 Å². The molecule has 1 heterocycles. The van der Waals surface area contributed by atoms with E-state index in [4.69, 9.17) is 4.74 Å². The number of ether oxygens (including phenoxy) is 1. The number of rotatable bonds is 7. The highest BCUT2D eigenvalue weighted by Crippen LogP contribution is 2.27. The number of anilines is 1. The Bertz CT molecular complexity index is 992. The third kappa shape index (κ3) is 5.02. The van der Waals surface area contributed by atoms with E-state index in [0.717, 1.165) is 22.5 Å². The van der Waals surface area contributed by atoms with Gasteiger partial charge >= 0.3 is 6.01 Å². The number of carbonyl (C=O) groups is 1. The van der Waals surface area contributed by atoms with Crippen LogP contribution in [0, 0.1) is 18.8 Å². The number of hydrogen-bond acceptors (Lipinski definition) is 4. The first kappa shape index (κ1) is 20.6. The Kier molecular flexibility index (Phi) is 6.32. The number of nitrogens with zero attached hydrogens (tertiary/aromatic N) is 3. The van der Waals surface area contributed by atoms with Crippen LogP contribution in [0.15, 0.2) is 48.5 Å². The van der Waals surface area contributed by atoms with E-state index in [0.29, 0.717) is 24.4 Å². The number of benzene rings is 2. The van der Waals surface area contributed by atoms with Crippen LogP contribution in [0.3, 0.4) is 0 Å². The van der Waals surface area contributed by atoms with Gasteiger partial charge in [-0.25, -0.2) is 4.68 Å². The molecule has 29 heavy (non-hydrogen) atoms. The maximum Gasteiger partial charge on any atom is 0.336 e. The van der Waals surface area contributed by atoms with Crippen molar-refractivity contribution < 1.29 is 9.53 Å². The molecular weight excluding hydrogens is 364 g/mol. The van der Waals surface area contributed by atoms with Gasteiger partial charge in [-0.1, -0.05) is 58.0 Å². The van der Waals surface area contributed by atoms with Gasteiger partial charge in [0.05, 0.1) is 12.3 Å². The summed E-state index contributed by atoms with van der Waals surface area (Å²) in [5, 5.41) is 7.53. The molecule has 3 aromatic rings. The van der Waals surface area contributed by atoms with Crippen LogP contribution in [-0.2, 0) is 4.79 Å². The molecule has 2 aromatic carbocycles. The summed E-state index contributed by atoms with van der Waals surface area (Å²) < 4.78 is 7.55. The largest absolute Gasteiger partial charge is 0.462 e. The highest BCUT2D eigenvalue weighted by Gasteiger charge is 2.17. The Morgan fingerprint density at radius 2 is 1.86 bits per heavy atom. The molecule has 0 saturated carbocycles. The molecule has 1 amide bonds. The molecule has 1 N–H and O–H groups in total. The summed E-state index contributed by atoms with van der Waals surface area (Å²) >= 11 is 0. The first-order valence-electron chi connectivity index (χ1n) is 9.92. The van der Waals surface area contributed by atoms with E-state index in [9.17, 15) is 4.79 Å². The van der Waals surface area contributed by atoms with Gasteiger partial charge in [-0.2, -0.15) is 4.98 Å². The second-order valence-electron chi connectivity index (χ2n) is 7.84. The van der Waals surface area contributed by atoms with Gasteiger partial charge < -0.3 is 10.1 Å². The topological polar surface area (TPSA) is 69.0 Å². The van der Waals surface area contributed by atoms with Crippen molar-refractivity contribution in [3.05, 3.63) is 54.1 Å². The molecule has 0 unspecified atom stereocenters. The average Bonchev–Trinajstić information content (AvgIpc) is 3.11. The normalized spacial score (nSPS) is 11.1. The van der Waals surface area contributed by atoms with E-state index < -0.39 is 0 Å². The molecule has 0 radical (unpaired) electrons. The van der Waals surface area contributed by atoms with Gasteiger partial charge in [0.15, 0.2) is 5.82 Å². The minimum absolute atomic E-state index is 0.0270. The minimum Gasteiger partial charge on any atom is -0.462 e. The number of aromatic nitrogens is 3. The molecule has 0 aliphatic rings. The minimum atomic E-state index is -0.0939. The highest BCUT2D eigenvalue weighted by atomic mass is 16.5. The standard InChI is InChI=1S/C23H28N4O2/c1-15(2)14-29-23-25-21(20-12-7-6-9-17(20)5)27(26-23)19-11-8-10-18(13-19)24-22(28)16(3)4/h6-13,15-16H,14H2,1-5H3,(H,24,28). The maximum atomic E-state index is 12.1. The lowest BCUT2D eigenvalue weighted by Gasteiger charge is -2.11. The molecule has 0 aliphatic heterocycles. The Morgan fingerprint density at radius 3 is 2.55 bits per heavy atom. The molecule has 0 spiro atoms. The van der Waals surface area contributed by atoms with Gasteiger partial charge in [0.1, 0.15) is 0 Å². The molecule has 6 heteroatoms. The lowest BCUT2D eigenvalue weighted by atomic mass is 10.1. The summed E-state index contributed by atoms with van der Waals surface area (Å²) in [6.07, 6.45) is 0. The molecular formula is C23H28N4O2. The van der Waals surface area contributed by atoms with E-state index in [1.807, 2.05) is 69.3 Å². The first-order chi connectivity index (χ1) is 13.8. The molecule has 3 rings (SSSR count). The third-order valence-electron chi connectivity index (χ3n) is 4.40. The van der Waals surface area contributed by atoms with Gasteiger partial charge in [-0.3, -0.25) is 4.79 Å². The van der Waals surface area contributed by atoms with Crippen LogP contribution in [0.25, 0.3) is 17.1 Å². The van der Waals surface area contributed by atoms with Crippen molar-refractivity contribution in [1.82, 2.24) is 14.8 Å². The molecule has 0 bridgehead atoms. The van der Waals surface area contributed by atoms with E-state index in [2.05, 4.69) is 29.2 Å². The van der Waals surface area contributed by atoms with Crippen LogP contribution in [0.4, 0.5) is 5.69 Å². The third-order valence-corrected chi connectivity index (χ3v) is 4.40. The quantitative estimate of drug-likeness (QED) is 0.623. The number of hydrogen-bond donors (Lipinski definition) is 1. The Balaban J connectivity index is 2.03. The summed E-state index contributed by atoms with van der Waals surface area (Å²) in [6, 6.07) is 16.0. The number of amides is 1. The lowest BCUT2D eigenvalue weighted by molar-refractivity contribution is -0.118. The molecule has 6 nitrogen and oxygen atoms in total. The van der Waals surface area contributed by atoms with Gasteiger partial charge in [-0.15, -0.1) is 5.10 Å². The molecule has 0 fully saturated rings. The fraction of sp³-hybridized carbons (Fsp3) is 0.348. The van der Waals surface area contributed by atoms with E-state index in [1.165, 1.54) is 0 Å². The first-order valence-corrected chi connectivity index (χ1v) is 9.92. The SMILES string of the molecule is Cc1ccccc1-c1nc(OCC(C)C)nn1-c1cccc(NC(=O)C(C)C)c1. The molecule has 152 valence electrons. The van der Waals surface area contributed by atoms with E-state index >= 15 is 0 Å². The fourth-order valence-corrected chi connectivity index (χ4v) is 2.78. The zero-order valence-electron chi connectivity index (χ0n) is 17.6. The van der Waals surface area contributed by atoms with E-state index in [-0.39, 0.29) is 11.8 Å². The van der Waals surface area contributed by atoms with Crippen molar-refractivity contribution in [3.63, 3.8) is 0 Å². The van der Waals surface area contributed by atoms with Gasteiger partial charge in [0.25, 0.3) is 0 Å². The van der Waals surface area contributed by atoms with Crippen LogP contribution >= 0.6 is 0 Å². The van der Waals surface area contributed by atoms with Crippen LogP contribution in [-0.4, -0.2) is 27.3 Å². The van der Waals surface area contributed by atoms with Gasteiger partial charge in [-0.05, 0) is 36.6 Å². The predicted molar refractivity (Wildman–Crippen MR) is 115 cm³/mol. The molecule has 1 aromatic heterocycles. The van der Waals surface area contributed by atoms with Crippen molar-refractivity contribution in [2.75, 3.05) is 11.9 Å². The highest BCUT2D eigenvalue weighted by molar-refractivity contribution is 5.92. The van der Waals surface area contributed by atoms with Crippen molar-refractivity contribution in [2.24, 2.45) is 11.8 Å². The summed E-state index contributed by atoms with van der Waals surface area (Å²) in [5.74, 6) is 0.956. The summed E-state index contributed by atoms with van der Waals surface area (Å²) in [6.45, 7) is 10.5. The Morgan fingerprint density at radius 1 is 1.10 bits per heavy atom. The zero-order chi connectivity index (χ0) is 21.0. The second kappa shape index (κ2) is 8.90. The summed E-state index contributed by atoms with van der Waals surface area (Å²) in [4.78, 5) is 16.7. The fourth-order valence-electron chi connectivity index (χ4n) is 2.78. The van der Waals surface area contributed by atoms with Crippen molar-refractivity contribution in [3.8, 4) is 23.1 Å². The Labute approximate surface area is 171 Å². The molecule has 0 aliphatic carbocycles. The van der Waals surface area contributed by atoms with Crippen molar-refractivity contribution >= 4 is 11.6 Å². The molecule has 0 atom stereocenters. The van der Waals surface area contributed by atoms with E-state index in [1.54, 1.807) is 4.68 Å². The Hall–Kier alpha value is -3.15. The average molecular weight is 393 g/mol. The number of nitrogens with one attached hydrogen (secondary N) is 1. The van der Waals surface area contributed by atoms with Crippen LogP contribution in [0.5, 0.6) is 6.01 Å². The van der Waals surface area contributed by atoms with Crippen LogP contribution < -0.4 is 10.1 Å². The van der Waals surface area contributed by atoms with Gasteiger partial charge in [0, 0.05) is 17.2 Å². The predicted octanol–water partition coefficient (Wildman–Crippen LogP) is 4.87. The molecule has 0 saturated heterocycles. The zero-order valence-corrected chi connectivity index (χ0v) is 17.6. The van der Waals surface area contributed by atoms with Gasteiger partial charge in [0.2, 0.25) is 5.91 Å². The number of aryl methyl sites for hydroxylation is 1. The maximum absolute atomic E-state index is 12.1. The lowest BCUT2D eigenvalue weighted by Crippen LogP contribution is -2.17.